The number of esters is 1. The van der Waals surface area contributed by atoms with Crippen molar-refractivity contribution >= 4 is 14.0 Å². The Bertz CT molecular complexity index is 247. The number of ether oxygens (including phenoxy) is 1. The second kappa shape index (κ2) is 8.51. The molecule has 0 spiro atoms. The van der Waals surface area contributed by atoms with Gasteiger partial charge in [-0.3, -0.25) is 0 Å². The van der Waals surface area contributed by atoms with Crippen LogP contribution < -0.4 is 0 Å². The van der Waals surface area contributed by atoms with E-state index in [0.29, 0.717) is 0 Å². The molecule has 0 aliphatic carbocycles. The zero-order valence-electron chi connectivity index (χ0n) is 12.1. The van der Waals surface area contributed by atoms with Gasteiger partial charge in [-0.2, -0.15) is 0 Å². The fraction of sp³-hybridized carbons (Fsp3) is 0.786. The summed E-state index contributed by atoms with van der Waals surface area (Å²) in [6, 6.07) is 3.40. The fourth-order valence-corrected chi connectivity index (χ4v) is 6.15. The highest BCUT2D eigenvalue weighted by Crippen LogP contribution is 2.30. The molecule has 0 aromatic rings. The maximum absolute atomic E-state index is 12.0. The Morgan fingerprint density at radius 2 is 1.65 bits per heavy atom. The Kier molecular flexibility index (Phi) is 8.22. The minimum atomic E-state index is -1.59. The molecule has 0 radical (unpaired) electrons. The Morgan fingerprint density at radius 3 is 2.00 bits per heavy atom. The van der Waals surface area contributed by atoms with Crippen molar-refractivity contribution in [1.29, 1.82) is 0 Å². The smallest absolute Gasteiger partial charge is 0.329 e. The first kappa shape index (κ1) is 16.4. The van der Waals surface area contributed by atoms with Gasteiger partial charge in [0.05, 0.1) is 15.2 Å². The van der Waals surface area contributed by atoms with Gasteiger partial charge in [0.25, 0.3) is 0 Å². The molecule has 0 heterocycles. The molecule has 0 saturated carbocycles. The number of unbranched alkanes of at least 4 members (excludes halogenated alkanes) is 2. The molecule has 0 unspecified atom stereocenters. The van der Waals surface area contributed by atoms with Gasteiger partial charge in [-0.1, -0.05) is 64.7 Å². The van der Waals surface area contributed by atoms with E-state index in [1.54, 1.807) is 0 Å². The summed E-state index contributed by atoms with van der Waals surface area (Å²) < 4.78 is 4.98. The minimum Gasteiger partial charge on any atom is -0.466 e. The predicted octanol–water partition coefficient (Wildman–Crippen LogP) is 4.32. The molecule has 0 rings (SSSR count). The fourth-order valence-electron chi connectivity index (χ4n) is 2.40. The van der Waals surface area contributed by atoms with Gasteiger partial charge in [-0.25, -0.2) is 4.79 Å². The van der Waals surface area contributed by atoms with E-state index in [0.717, 1.165) is 36.2 Å². The third-order valence-electron chi connectivity index (χ3n) is 3.91. The molecule has 0 aliphatic rings. The number of allylic oxidation sites excluding steroid dienone is 1. The molecule has 17 heavy (non-hydrogen) atoms. The number of hydrogen-bond acceptors (Lipinski definition) is 2. The first-order valence-corrected chi connectivity index (χ1v) is 9.52. The lowest BCUT2D eigenvalue weighted by atomic mass is 10.2. The van der Waals surface area contributed by atoms with Crippen LogP contribution >= 0.6 is 0 Å². The van der Waals surface area contributed by atoms with Crippen LogP contribution in [-0.4, -0.2) is 21.2 Å². The molecule has 0 fully saturated rings. The van der Waals surface area contributed by atoms with Crippen LogP contribution in [0.1, 0.15) is 47.0 Å². The lowest BCUT2D eigenvalue weighted by molar-refractivity contribution is -0.135. The van der Waals surface area contributed by atoms with Crippen LogP contribution in [0.25, 0.3) is 0 Å². The lowest BCUT2D eigenvalue weighted by Gasteiger charge is -2.29. The largest absolute Gasteiger partial charge is 0.466 e. The van der Waals surface area contributed by atoms with Crippen LogP contribution in [0.4, 0.5) is 0 Å². The SMILES string of the molecule is CCCC/C=C(\C(=O)OC)[Si](CC)(CC)CC. The van der Waals surface area contributed by atoms with Crippen molar-refractivity contribution in [2.75, 3.05) is 7.11 Å². The van der Waals surface area contributed by atoms with Crippen molar-refractivity contribution in [1.82, 2.24) is 0 Å². The third-order valence-corrected chi connectivity index (χ3v) is 9.52. The molecule has 0 bridgehead atoms. The second-order valence-corrected chi connectivity index (χ2v) is 9.81. The molecule has 0 aromatic heterocycles. The summed E-state index contributed by atoms with van der Waals surface area (Å²) in [6.07, 6.45) is 5.50. The maximum Gasteiger partial charge on any atom is 0.329 e. The van der Waals surface area contributed by atoms with Crippen molar-refractivity contribution in [3.63, 3.8) is 0 Å². The Hall–Kier alpha value is -0.573. The topological polar surface area (TPSA) is 26.3 Å². The lowest BCUT2D eigenvalue weighted by Crippen LogP contribution is -2.38. The summed E-state index contributed by atoms with van der Waals surface area (Å²) >= 11 is 0. The highest BCUT2D eigenvalue weighted by molar-refractivity contribution is 6.90. The van der Waals surface area contributed by atoms with E-state index in [4.69, 9.17) is 4.74 Å². The Labute approximate surface area is 107 Å². The molecule has 0 amide bonds. The van der Waals surface area contributed by atoms with Crippen molar-refractivity contribution in [2.45, 2.75) is 65.1 Å². The average molecular weight is 256 g/mol. The van der Waals surface area contributed by atoms with E-state index < -0.39 is 8.07 Å². The molecular formula is C14H28O2Si. The second-order valence-electron chi connectivity index (χ2n) is 4.59. The quantitative estimate of drug-likeness (QED) is 0.280. The zero-order valence-corrected chi connectivity index (χ0v) is 13.1. The Balaban J connectivity index is 5.12. The van der Waals surface area contributed by atoms with E-state index in [-0.39, 0.29) is 5.97 Å². The third kappa shape index (κ3) is 4.30. The molecule has 100 valence electrons. The van der Waals surface area contributed by atoms with Gasteiger partial charge in [-0.15, -0.1) is 0 Å². The van der Waals surface area contributed by atoms with Crippen molar-refractivity contribution in [3.05, 3.63) is 11.3 Å². The van der Waals surface area contributed by atoms with Crippen LogP contribution in [0, 0.1) is 0 Å². The monoisotopic (exact) mass is 256 g/mol. The van der Waals surface area contributed by atoms with Gasteiger partial charge in [0.15, 0.2) is 0 Å². The van der Waals surface area contributed by atoms with Crippen molar-refractivity contribution in [2.24, 2.45) is 0 Å². The number of rotatable bonds is 8. The molecule has 3 heteroatoms. The molecule has 0 N–H and O–H groups in total. The van der Waals surface area contributed by atoms with Gasteiger partial charge >= 0.3 is 5.97 Å². The summed E-state index contributed by atoms with van der Waals surface area (Å²) in [4.78, 5) is 12.0. The minimum absolute atomic E-state index is 0.0849. The van der Waals surface area contributed by atoms with E-state index in [1.807, 2.05) is 0 Å². The van der Waals surface area contributed by atoms with Gasteiger partial charge in [0.1, 0.15) is 0 Å². The highest BCUT2D eigenvalue weighted by atomic mass is 28.3. The predicted molar refractivity (Wildman–Crippen MR) is 76.8 cm³/mol. The first-order valence-electron chi connectivity index (χ1n) is 6.90. The van der Waals surface area contributed by atoms with Gasteiger partial charge in [0.2, 0.25) is 0 Å². The highest BCUT2D eigenvalue weighted by Gasteiger charge is 2.35. The van der Waals surface area contributed by atoms with Crippen LogP contribution in [0.3, 0.4) is 0 Å². The number of carbonyl (C=O) groups excluding carboxylic acids is 1. The van der Waals surface area contributed by atoms with Crippen molar-refractivity contribution in [3.8, 4) is 0 Å². The van der Waals surface area contributed by atoms with Crippen molar-refractivity contribution < 1.29 is 9.53 Å². The van der Waals surface area contributed by atoms with E-state index in [9.17, 15) is 4.79 Å². The molecular weight excluding hydrogens is 228 g/mol. The summed E-state index contributed by atoms with van der Waals surface area (Å²) in [5.41, 5.74) is 0. The van der Waals surface area contributed by atoms with Crippen LogP contribution in [0.15, 0.2) is 11.3 Å². The summed E-state index contributed by atoms with van der Waals surface area (Å²) in [7, 11) is -0.0981. The van der Waals surface area contributed by atoms with Crippen LogP contribution in [0.2, 0.25) is 18.1 Å². The van der Waals surface area contributed by atoms with Gasteiger partial charge < -0.3 is 4.74 Å². The summed E-state index contributed by atoms with van der Waals surface area (Å²) in [5.74, 6) is -0.0849. The van der Waals surface area contributed by atoms with Crippen LogP contribution in [0.5, 0.6) is 0 Å². The molecule has 0 aromatic carbocycles. The standard InChI is InChI=1S/C14H28O2Si/c1-6-10-11-12-13(14(15)16-5)17(7-2,8-3)9-4/h12H,6-11H2,1-5H3/b13-12+. The van der Waals surface area contributed by atoms with Gasteiger partial charge in [-0.05, 0) is 6.42 Å². The molecule has 0 aliphatic heterocycles. The van der Waals surface area contributed by atoms with E-state index in [2.05, 4.69) is 33.8 Å². The number of methoxy groups -OCH3 is 1. The van der Waals surface area contributed by atoms with Gasteiger partial charge in [0, 0.05) is 5.20 Å². The zero-order chi connectivity index (χ0) is 13.3. The molecule has 2 nitrogen and oxygen atoms in total. The molecule has 0 saturated heterocycles. The number of hydrogen-bond donors (Lipinski definition) is 0. The van der Waals surface area contributed by atoms with Crippen LogP contribution in [-0.2, 0) is 9.53 Å². The van der Waals surface area contributed by atoms with E-state index in [1.165, 1.54) is 13.5 Å². The molecule has 0 atom stereocenters. The first-order chi connectivity index (χ1) is 8.11. The average Bonchev–Trinajstić information content (AvgIpc) is 2.38. The summed E-state index contributed by atoms with van der Waals surface area (Å²) in [5, 5.41) is 1.03. The van der Waals surface area contributed by atoms with E-state index >= 15 is 0 Å². The maximum atomic E-state index is 12.0. The summed E-state index contributed by atoms with van der Waals surface area (Å²) in [6.45, 7) is 8.83. The normalized spacial score (nSPS) is 12.6. The number of carbonyl (C=O) groups is 1. The Morgan fingerprint density at radius 1 is 1.12 bits per heavy atom.